The van der Waals surface area contributed by atoms with Crippen molar-refractivity contribution in [2.24, 2.45) is 4.99 Å². The molecule has 0 radical (unpaired) electrons. The smallest absolute Gasteiger partial charge is 0.191 e. The molecular weight excluding hydrogens is 298 g/mol. The predicted octanol–water partition coefficient (Wildman–Crippen LogP) is 3.16. The van der Waals surface area contributed by atoms with Crippen LogP contribution >= 0.6 is 0 Å². The average molecular weight is 323 g/mol. The minimum Gasteiger partial charge on any atom is -0.489 e. The van der Waals surface area contributed by atoms with Crippen molar-refractivity contribution in [3.63, 3.8) is 0 Å². The van der Waals surface area contributed by atoms with Gasteiger partial charge in [-0.15, -0.1) is 6.58 Å². The molecule has 0 aliphatic heterocycles. The van der Waals surface area contributed by atoms with E-state index in [1.807, 2.05) is 30.3 Å². The third-order valence-electron chi connectivity index (χ3n) is 3.52. The van der Waals surface area contributed by atoms with Crippen LogP contribution in [0.25, 0.3) is 0 Å². The van der Waals surface area contributed by atoms with Gasteiger partial charge in [-0.3, -0.25) is 4.99 Å². The minimum atomic E-state index is 0.590. The van der Waals surface area contributed by atoms with Crippen LogP contribution in [0.15, 0.2) is 72.2 Å². The molecule has 4 heteroatoms. The summed E-state index contributed by atoms with van der Waals surface area (Å²) in [5.74, 6) is 1.68. The van der Waals surface area contributed by atoms with Crippen LogP contribution in [-0.2, 0) is 13.0 Å². The summed E-state index contributed by atoms with van der Waals surface area (Å²) in [6, 6.07) is 18.4. The zero-order valence-electron chi connectivity index (χ0n) is 14.2. The first kappa shape index (κ1) is 17.6. The van der Waals surface area contributed by atoms with E-state index < -0.39 is 0 Å². The molecule has 2 rings (SSSR count). The lowest BCUT2D eigenvalue weighted by Crippen LogP contribution is -2.38. The second kappa shape index (κ2) is 10.1. The van der Waals surface area contributed by atoms with Gasteiger partial charge < -0.3 is 15.4 Å². The maximum atomic E-state index is 5.80. The summed E-state index contributed by atoms with van der Waals surface area (Å²) >= 11 is 0. The Hall–Kier alpha value is -2.75. The molecule has 0 heterocycles. The summed E-state index contributed by atoms with van der Waals surface area (Å²) in [5.41, 5.74) is 2.43. The Kier molecular flexibility index (Phi) is 7.41. The van der Waals surface area contributed by atoms with Gasteiger partial charge in [-0.1, -0.05) is 48.5 Å². The number of ether oxygens (including phenoxy) is 1. The van der Waals surface area contributed by atoms with Gasteiger partial charge in [0.05, 0.1) is 0 Å². The lowest BCUT2D eigenvalue weighted by molar-refractivity contribution is 0.306. The fourth-order valence-electron chi connectivity index (χ4n) is 2.21. The second-order valence-corrected chi connectivity index (χ2v) is 5.34. The van der Waals surface area contributed by atoms with Crippen molar-refractivity contribution in [1.29, 1.82) is 0 Å². The normalized spacial score (nSPS) is 11.0. The zero-order chi connectivity index (χ0) is 17.0. The Morgan fingerprint density at radius 1 is 1.04 bits per heavy atom. The molecule has 0 bridgehead atoms. The topological polar surface area (TPSA) is 45.7 Å². The number of guanidine groups is 1. The lowest BCUT2D eigenvalue weighted by atomic mass is 10.1. The maximum Gasteiger partial charge on any atom is 0.191 e. The molecule has 4 nitrogen and oxygen atoms in total. The van der Waals surface area contributed by atoms with E-state index in [4.69, 9.17) is 4.74 Å². The van der Waals surface area contributed by atoms with Crippen LogP contribution in [0, 0.1) is 0 Å². The van der Waals surface area contributed by atoms with Crippen molar-refractivity contribution >= 4 is 5.96 Å². The van der Waals surface area contributed by atoms with Crippen LogP contribution in [0.4, 0.5) is 0 Å². The number of rotatable bonds is 8. The van der Waals surface area contributed by atoms with E-state index in [2.05, 4.69) is 46.5 Å². The molecule has 24 heavy (non-hydrogen) atoms. The highest BCUT2D eigenvalue weighted by Crippen LogP contribution is 2.14. The van der Waals surface area contributed by atoms with Gasteiger partial charge in [0.1, 0.15) is 12.4 Å². The maximum absolute atomic E-state index is 5.80. The molecule has 126 valence electrons. The first-order valence-electron chi connectivity index (χ1n) is 8.13. The Balaban J connectivity index is 1.74. The molecule has 0 spiro atoms. The molecule has 2 aromatic rings. The Morgan fingerprint density at radius 2 is 1.79 bits per heavy atom. The predicted molar refractivity (Wildman–Crippen MR) is 100 cm³/mol. The van der Waals surface area contributed by atoms with Crippen LogP contribution in [0.1, 0.15) is 11.1 Å². The highest BCUT2D eigenvalue weighted by atomic mass is 16.5. The van der Waals surface area contributed by atoms with Crippen molar-refractivity contribution in [3.8, 4) is 5.75 Å². The zero-order valence-corrected chi connectivity index (χ0v) is 14.2. The van der Waals surface area contributed by atoms with Crippen molar-refractivity contribution in [1.82, 2.24) is 10.6 Å². The number of hydrogen-bond acceptors (Lipinski definition) is 2. The van der Waals surface area contributed by atoms with Crippen LogP contribution in [0.3, 0.4) is 0 Å². The van der Waals surface area contributed by atoms with E-state index in [0.717, 1.165) is 24.7 Å². The molecule has 0 amide bonds. The molecule has 0 aliphatic carbocycles. The summed E-state index contributed by atoms with van der Waals surface area (Å²) in [7, 11) is 1.76. The van der Waals surface area contributed by atoms with E-state index in [1.165, 1.54) is 11.1 Å². The van der Waals surface area contributed by atoms with Crippen LogP contribution in [-0.4, -0.2) is 26.1 Å². The van der Waals surface area contributed by atoms with Crippen LogP contribution in [0.5, 0.6) is 5.75 Å². The monoisotopic (exact) mass is 323 g/mol. The van der Waals surface area contributed by atoms with E-state index >= 15 is 0 Å². The molecular formula is C20H25N3O. The summed E-state index contributed by atoms with van der Waals surface area (Å²) in [6.07, 6.45) is 2.73. The van der Waals surface area contributed by atoms with Gasteiger partial charge in [0.2, 0.25) is 0 Å². The molecule has 0 fully saturated rings. The van der Waals surface area contributed by atoms with Crippen LogP contribution < -0.4 is 15.4 Å². The van der Waals surface area contributed by atoms with E-state index in [-0.39, 0.29) is 0 Å². The molecule has 2 aromatic carbocycles. The van der Waals surface area contributed by atoms with Crippen molar-refractivity contribution in [3.05, 3.63) is 78.4 Å². The third kappa shape index (κ3) is 6.16. The molecule has 0 saturated carbocycles. The number of benzene rings is 2. The Morgan fingerprint density at radius 3 is 2.46 bits per heavy atom. The fraction of sp³-hybridized carbons (Fsp3) is 0.250. The number of hydrogen-bond donors (Lipinski definition) is 2. The van der Waals surface area contributed by atoms with E-state index in [1.54, 1.807) is 13.1 Å². The summed E-state index contributed by atoms with van der Waals surface area (Å²) < 4.78 is 5.80. The Bertz CT molecular complexity index is 636. The lowest BCUT2D eigenvalue weighted by Gasteiger charge is -2.11. The van der Waals surface area contributed by atoms with E-state index in [9.17, 15) is 0 Å². The van der Waals surface area contributed by atoms with Gasteiger partial charge >= 0.3 is 0 Å². The molecule has 2 N–H and O–H groups in total. The molecule has 0 aromatic heterocycles. The third-order valence-corrected chi connectivity index (χ3v) is 3.52. The summed E-state index contributed by atoms with van der Waals surface area (Å²) in [5, 5.41) is 6.42. The quantitative estimate of drug-likeness (QED) is 0.446. The van der Waals surface area contributed by atoms with Gasteiger partial charge in [0.25, 0.3) is 0 Å². The molecule has 0 aliphatic rings. The molecule has 0 atom stereocenters. The van der Waals surface area contributed by atoms with Gasteiger partial charge in [-0.2, -0.15) is 0 Å². The minimum absolute atomic E-state index is 0.590. The second-order valence-electron chi connectivity index (χ2n) is 5.34. The largest absolute Gasteiger partial charge is 0.489 e. The van der Waals surface area contributed by atoms with Gasteiger partial charge in [0.15, 0.2) is 5.96 Å². The van der Waals surface area contributed by atoms with Crippen molar-refractivity contribution in [2.45, 2.75) is 13.0 Å². The van der Waals surface area contributed by atoms with Crippen molar-refractivity contribution in [2.75, 3.05) is 20.1 Å². The SMILES string of the molecule is C=CCNC(=NC)NCCc1ccc(OCc2ccccc2)cc1. The number of nitrogens with zero attached hydrogens (tertiary/aromatic N) is 1. The fourth-order valence-corrected chi connectivity index (χ4v) is 2.21. The average Bonchev–Trinajstić information content (AvgIpc) is 2.64. The van der Waals surface area contributed by atoms with Crippen LogP contribution in [0.2, 0.25) is 0 Å². The first-order valence-corrected chi connectivity index (χ1v) is 8.13. The summed E-state index contributed by atoms with van der Waals surface area (Å²) in [4.78, 5) is 4.15. The van der Waals surface area contributed by atoms with E-state index in [0.29, 0.717) is 13.2 Å². The summed E-state index contributed by atoms with van der Waals surface area (Å²) in [6.45, 7) is 5.79. The Labute approximate surface area is 144 Å². The first-order chi connectivity index (χ1) is 11.8. The van der Waals surface area contributed by atoms with Gasteiger partial charge in [-0.05, 0) is 29.7 Å². The molecule has 0 saturated heterocycles. The molecule has 0 unspecified atom stereocenters. The van der Waals surface area contributed by atoms with Gasteiger partial charge in [-0.25, -0.2) is 0 Å². The van der Waals surface area contributed by atoms with Crippen molar-refractivity contribution < 1.29 is 4.74 Å². The number of nitrogens with one attached hydrogen (secondary N) is 2. The van der Waals surface area contributed by atoms with Gasteiger partial charge in [0, 0.05) is 20.1 Å². The standard InChI is InChI=1S/C20H25N3O/c1-3-14-22-20(21-2)23-15-13-17-9-11-19(12-10-17)24-16-18-7-5-4-6-8-18/h3-12H,1,13-16H2,2H3,(H2,21,22,23). The highest BCUT2D eigenvalue weighted by molar-refractivity contribution is 5.79. The highest BCUT2D eigenvalue weighted by Gasteiger charge is 1.99. The number of aliphatic imine (C=N–C) groups is 1.